The Hall–Kier alpha value is -1.94. The molecule has 1 atom stereocenters. The minimum absolute atomic E-state index is 0.217. The van der Waals surface area contributed by atoms with E-state index in [1.54, 1.807) is 0 Å². The van der Waals surface area contributed by atoms with Gasteiger partial charge in [-0.3, -0.25) is 14.9 Å². The van der Waals surface area contributed by atoms with E-state index in [1.807, 2.05) is 30.3 Å². The number of allylic oxidation sites excluding steroid dienone is 2. The molecule has 0 aliphatic heterocycles. The third kappa shape index (κ3) is 15.5. The van der Waals surface area contributed by atoms with Gasteiger partial charge in [0.05, 0.1) is 6.04 Å². The van der Waals surface area contributed by atoms with Crippen molar-refractivity contribution in [3.05, 3.63) is 48.0 Å². The summed E-state index contributed by atoms with van der Waals surface area (Å²) in [6.45, 7) is 2.26. The van der Waals surface area contributed by atoms with Crippen LogP contribution in [0.2, 0.25) is 0 Å². The van der Waals surface area contributed by atoms with E-state index < -0.39 is 6.04 Å². The maximum Gasteiger partial charge on any atom is 0.243 e. The number of rotatable bonds is 18. The topological polar surface area (TPSA) is 72.2 Å². The fraction of sp³-hybridized carbons (Fsp3) is 0.630. The summed E-state index contributed by atoms with van der Waals surface area (Å²) in [5.41, 5.74) is 6.91. The van der Waals surface area contributed by atoms with Crippen LogP contribution in [-0.4, -0.2) is 17.9 Å². The highest BCUT2D eigenvalue weighted by atomic mass is 16.2. The molecule has 0 aliphatic rings. The van der Waals surface area contributed by atoms with Crippen molar-refractivity contribution >= 4 is 11.8 Å². The van der Waals surface area contributed by atoms with Gasteiger partial charge in [0.25, 0.3) is 0 Å². The lowest BCUT2D eigenvalue weighted by Crippen LogP contribution is -2.44. The van der Waals surface area contributed by atoms with Crippen LogP contribution in [0.3, 0.4) is 0 Å². The van der Waals surface area contributed by atoms with Crippen molar-refractivity contribution in [1.29, 1.82) is 0 Å². The molecule has 0 aromatic heterocycles. The molecular weight excluding hydrogens is 384 g/mol. The zero-order chi connectivity index (χ0) is 22.6. The summed E-state index contributed by atoms with van der Waals surface area (Å²) in [7, 11) is 0. The molecule has 3 N–H and O–H groups in total. The molecule has 0 aliphatic carbocycles. The van der Waals surface area contributed by atoms with Gasteiger partial charge in [-0.2, -0.15) is 0 Å². The number of carbonyl (C=O) groups excluding carboxylic acids is 2. The van der Waals surface area contributed by atoms with Crippen molar-refractivity contribution in [3.8, 4) is 0 Å². The summed E-state index contributed by atoms with van der Waals surface area (Å²) in [5, 5.41) is 2.44. The van der Waals surface area contributed by atoms with Crippen LogP contribution in [0.15, 0.2) is 42.5 Å². The van der Waals surface area contributed by atoms with Gasteiger partial charge < -0.3 is 5.73 Å². The van der Waals surface area contributed by atoms with Crippen molar-refractivity contribution in [2.75, 3.05) is 0 Å². The van der Waals surface area contributed by atoms with Gasteiger partial charge in [0.15, 0.2) is 0 Å². The van der Waals surface area contributed by atoms with Gasteiger partial charge in [-0.25, -0.2) is 0 Å². The lowest BCUT2D eigenvalue weighted by molar-refractivity contribution is -0.131. The van der Waals surface area contributed by atoms with E-state index in [4.69, 9.17) is 5.73 Å². The van der Waals surface area contributed by atoms with Crippen LogP contribution in [0.5, 0.6) is 0 Å². The van der Waals surface area contributed by atoms with Crippen LogP contribution in [0, 0.1) is 0 Å². The average molecular weight is 429 g/mol. The van der Waals surface area contributed by atoms with Crippen LogP contribution in [0.25, 0.3) is 0 Å². The summed E-state index contributed by atoms with van der Waals surface area (Å²) in [6, 6.07) is 8.92. The minimum Gasteiger partial charge on any atom is -0.320 e. The largest absolute Gasteiger partial charge is 0.320 e. The van der Waals surface area contributed by atoms with Crippen molar-refractivity contribution in [3.63, 3.8) is 0 Å². The first-order valence-corrected chi connectivity index (χ1v) is 12.4. The third-order valence-electron chi connectivity index (χ3n) is 5.56. The number of unbranched alkanes of at least 4 members (excludes halogenated alkanes) is 11. The smallest absolute Gasteiger partial charge is 0.243 e. The predicted octanol–water partition coefficient (Wildman–Crippen LogP) is 6.24. The fourth-order valence-corrected chi connectivity index (χ4v) is 3.61. The molecule has 0 unspecified atom stereocenters. The van der Waals surface area contributed by atoms with Crippen molar-refractivity contribution in [1.82, 2.24) is 5.32 Å². The molecule has 31 heavy (non-hydrogen) atoms. The maximum absolute atomic E-state index is 12.1. The van der Waals surface area contributed by atoms with Gasteiger partial charge in [0, 0.05) is 6.42 Å². The van der Waals surface area contributed by atoms with E-state index in [9.17, 15) is 9.59 Å². The lowest BCUT2D eigenvalue weighted by Gasteiger charge is -2.11. The lowest BCUT2D eigenvalue weighted by atomic mass is 10.1. The summed E-state index contributed by atoms with van der Waals surface area (Å²) >= 11 is 0. The summed E-state index contributed by atoms with van der Waals surface area (Å²) in [6.07, 6.45) is 21.4. The van der Waals surface area contributed by atoms with Crippen molar-refractivity contribution in [2.45, 2.75) is 109 Å². The van der Waals surface area contributed by atoms with Gasteiger partial charge in [0.1, 0.15) is 0 Å². The van der Waals surface area contributed by atoms with Gasteiger partial charge in [0.2, 0.25) is 11.8 Å². The molecule has 0 heterocycles. The van der Waals surface area contributed by atoms with E-state index in [-0.39, 0.29) is 11.8 Å². The van der Waals surface area contributed by atoms with Crippen LogP contribution in [0.4, 0.5) is 0 Å². The quantitative estimate of drug-likeness (QED) is 0.215. The number of hydrogen-bond donors (Lipinski definition) is 2. The highest BCUT2D eigenvalue weighted by molar-refractivity contribution is 5.97. The van der Waals surface area contributed by atoms with Gasteiger partial charge in [-0.05, 0) is 44.1 Å². The molecule has 1 aromatic rings. The normalized spacial score (nSPS) is 12.2. The Morgan fingerprint density at radius 2 is 1.39 bits per heavy atom. The Balaban J connectivity index is 1.94. The SMILES string of the molecule is CCCCCCCC/C=C\CCCCCCCC(=O)NC(=O)[C@@H](N)Cc1ccccc1. The summed E-state index contributed by atoms with van der Waals surface area (Å²) in [4.78, 5) is 24.0. The molecule has 174 valence electrons. The van der Waals surface area contributed by atoms with E-state index >= 15 is 0 Å². The molecule has 0 saturated heterocycles. The number of nitrogens with two attached hydrogens (primary N) is 1. The second-order valence-electron chi connectivity index (χ2n) is 8.54. The fourth-order valence-electron chi connectivity index (χ4n) is 3.61. The Kier molecular flexibility index (Phi) is 16.4. The number of carbonyl (C=O) groups is 2. The molecule has 0 fully saturated rings. The van der Waals surface area contributed by atoms with Crippen molar-refractivity contribution < 1.29 is 9.59 Å². The van der Waals surface area contributed by atoms with E-state index in [0.717, 1.165) is 31.2 Å². The predicted molar refractivity (Wildman–Crippen MR) is 131 cm³/mol. The second-order valence-corrected chi connectivity index (χ2v) is 8.54. The molecular formula is C27H44N2O2. The number of benzene rings is 1. The molecule has 2 amide bonds. The first-order valence-electron chi connectivity index (χ1n) is 12.4. The van der Waals surface area contributed by atoms with Gasteiger partial charge in [-0.15, -0.1) is 0 Å². The Morgan fingerprint density at radius 3 is 2.00 bits per heavy atom. The standard InChI is InChI=1S/C27H44N2O2/c1-2-3-4-5-6-7-8-9-10-11-12-13-14-15-19-22-26(30)29-27(31)25(28)23-24-20-17-16-18-21-24/h9-10,16-18,20-21,25H,2-8,11-15,19,22-23,28H2,1H3,(H,29,30,31)/b10-9-/t25-/m0/s1. The molecule has 1 aromatic carbocycles. The van der Waals surface area contributed by atoms with E-state index in [0.29, 0.717) is 12.8 Å². The Bertz CT molecular complexity index is 613. The maximum atomic E-state index is 12.1. The molecule has 4 nitrogen and oxygen atoms in total. The molecule has 0 saturated carbocycles. The Labute approximate surface area is 190 Å². The second kappa shape index (κ2) is 18.8. The summed E-state index contributed by atoms with van der Waals surface area (Å²) < 4.78 is 0. The van der Waals surface area contributed by atoms with E-state index in [1.165, 1.54) is 57.8 Å². The zero-order valence-electron chi connectivity index (χ0n) is 19.6. The molecule has 0 spiro atoms. The highest BCUT2D eigenvalue weighted by Crippen LogP contribution is 2.10. The number of amides is 2. The van der Waals surface area contributed by atoms with Crippen LogP contribution >= 0.6 is 0 Å². The zero-order valence-corrected chi connectivity index (χ0v) is 19.6. The molecule has 0 bridgehead atoms. The first-order chi connectivity index (χ1) is 15.1. The van der Waals surface area contributed by atoms with Crippen molar-refractivity contribution in [2.24, 2.45) is 5.73 Å². The summed E-state index contributed by atoms with van der Waals surface area (Å²) in [5.74, 6) is -0.604. The first kappa shape index (κ1) is 27.1. The monoisotopic (exact) mass is 428 g/mol. The van der Waals surface area contributed by atoms with Crippen LogP contribution in [-0.2, 0) is 16.0 Å². The van der Waals surface area contributed by atoms with Crippen LogP contribution in [0.1, 0.15) is 102 Å². The minimum atomic E-state index is -0.694. The Morgan fingerprint density at radius 1 is 0.839 bits per heavy atom. The third-order valence-corrected chi connectivity index (χ3v) is 5.56. The number of imide groups is 1. The molecule has 1 rings (SSSR count). The van der Waals surface area contributed by atoms with Crippen LogP contribution < -0.4 is 11.1 Å². The van der Waals surface area contributed by atoms with Gasteiger partial charge in [-0.1, -0.05) is 101 Å². The van der Waals surface area contributed by atoms with E-state index in [2.05, 4.69) is 24.4 Å². The average Bonchev–Trinajstić information content (AvgIpc) is 2.77. The van der Waals surface area contributed by atoms with Gasteiger partial charge >= 0.3 is 0 Å². The highest BCUT2D eigenvalue weighted by Gasteiger charge is 2.16. The number of nitrogens with one attached hydrogen (secondary N) is 1. The number of hydrogen-bond acceptors (Lipinski definition) is 3. The molecule has 0 radical (unpaired) electrons. The molecule has 4 heteroatoms.